The van der Waals surface area contributed by atoms with Gasteiger partial charge in [0.1, 0.15) is 25.3 Å². The molecule has 1 aromatic carbocycles. The molecule has 2 rings (SSSR count). The van der Waals surface area contributed by atoms with Gasteiger partial charge < -0.3 is 10.5 Å². The van der Waals surface area contributed by atoms with E-state index >= 15 is 0 Å². The molecule has 0 aliphatic carbocycles. The molecule has 0 atom stereocenters. The Balaban J connectivity index is 1.89. The standard InChI is InChI=1S/C11H10ClFN4O2/c12-8-2-1-7(9(13)3-8)5-19-10(18)4-17-6-15-11(14)16-17/h1-3,6H,4-5H2,(H2,14,16). The fourth-order valence-electron chi connectivity index (χ4n) is 1.36. The van der Waals surface area contributed by atoms with Crippen LogP contribution < -0.4 is 5.73 Å². The second kappa shape index (κ2) is 5.66. The zero-order chi connectivity index (χ0) is 13.8. The number of nitrogen functional groups attached to an aromatic ring is 1. The highest BCUT2D eigenvalue weighted by Crippen LogP contribution is 2.15. The van der Waals surface area contributed by atoms with E-state index in [0.29, 0.717) is 0 Å². The number of rotatable bonds is 4. The summed E-state index contributed by atoms with van der Waals surface area (Å²) in [7, 11) is 0. The SMILES string of the molecule is Nc1ncn(CC(=O)OCc2ccc(Cl)cc2F)n1. The van der Waals surface area contributed by atoms with Crippen LogP contribution in [0.4, 0.5) is 10.3 Å². The Kier molecular flexibility index (Phi) is 3.96. The summed E-state index contributed by atoms with van der Waals surface area (Å²) >= 11 is 5.61. The van der Waals surface area contributed by atoms with Crippen LogP contribution >= 0.6 is 11.6 Å². The van der Waals surface area contributed by atoms with Crippen molar-refractivity contribution >= 4 is 23.5 Å². The van der Waals surface area contributed by atoms with Crippen molar-refractivity contribution in [3.63, 3.8) is 0 Å². The highest BCUT2D eigenvalue weighted by molar-refractivity contribution is 6.30. The van der Waals surface area contributed by atoms with E-state index in [2.05, 4.69) is 10.1 Å². The number of nitrogens with zero attached hydrogens (tertiary/aromatic N) is 3. The van der Waals surface area contributed by atoms with Crippen molar-refractivity contribution in [3.05, 3.63) is 40.9 Å². The van der Waals surface area contributed by atoms with Crippen molar-refractivity contribution in [3.8, 4) is 0 Å². The van der Waals surface area contributed by atoms with Gasteiger partial charge in [0, 0.05) is 10.6 Å². The van der Waals surface area contributed by atoms with Crippen LogP contribution in [0.3, 0.4) is 0 Å². The maximum absolute atomic E-state index is 13.4. The van der Waals surface area contributed by atoms with Crippen LogP contribution in [-0.2, 0) is 22.7 Å². The van der Waals surface area contributed by atoms with Gasteiger partial charge >= 0.3 is 5.97 Å². The van der Waals surface area contributed by atoms with E-state index in [9.17, 15) is 9.18 Å². The first-order valence-corrected chi connectivity index (χ1v) is 5.67. The maximum Gasteiger partial charge on any atom is 0.328 e. The molecule has 19 heavy (non-hydrogen) atoms. The summed E-state index contributed by atoms with van der Waals surface area (Å²) in [5.41, 5.74) is 5.54. The minimum atomic E-state index is -0.570. The lowest BCUT2D eigenvalue weighted by Gasteiger charge is -2.06. The van der Waals surface area contributed by atoms with Gasteiger partial charge in [-0.2, -0.15) is 0 Å². The zero-order valence-corrected chi connectivity index (χ0v) is 10.5. The lowest BCUT2D eigenvalue weighted by molar-refractivity contribution is -0.145. The first-order valence-electron chi connectivity index (χ1n) is 5.29. The van der Waals surface area contributed by atoms with E-state index in [1.807, 2.05) is 0 Å². The molecule has 6 nitrogen and oxygen atoms in total. The number of hydrogen-bond acceptors (Lipinski definition) is 5. The number of aromatic nitrogens is 3. The van der Waals surface area contributed by atoms with Crippen molar-refractivity contribution < 1.29 is 13.9 Å². The normalized spacial score (nSPS) is 10.4. The monoisotopic (exact) mass is 284 g/mol. The van der Waals surface area contributed by atoms with Crippen LogP contribution in [0.2, 0.25) is 5.02 Å². The minimum absolute atomic E-state index is 0.0662. The summed E-state index contributed by atoms with van der Waals surface area (Å²) in [6.45, 7) is -0.314. The number of halogens is 2. The van der Waals surface area contributed by atoms with E-state index < -0.39 is 11.8 Å². The van der Waals surface area contributed by atoms with E-state index in [1.54, 1.807) is 0 Å². The van der Waals surface area contributed by atoms with E-state index in [-0.39, 0.29) is 29.7 Å². The van der Waals surface area contributed by atoms with Gasteiger partial charge in [0.15, 0.2) is 0 Å². The van der Waals surface area contributed by atoms with Crippen molar-refractivity contribution in [2.75, 3.05) is 5.73 Å². The molecule has 1 heterocycles. The van der Waals surface area contributed by atoms with Crippen LogP contribution in [0.15, 0.2) is 24.5 Å². The predicted octanol–water partition coefficient (Wildman–Crippen LogP) is 1.40. The number of hydrogen-bond donors (Lipinski definition) is 1. The lowest BCUT2D eigenvalue weighted by atomic mass is 10.2. The smallest absolute Gasteiger partial charge is 0.328 e. The van der Waals surface area contributed by atoms with E-state index in [1.165, 1.54) is 23.1 Å². The molecule has 0 radical (unpaired) electrons. The lowest BCUT2D eigenvalue weighted by Crippen LogP contribution is -2.14. The molecule has 2 N–H and O–H groups in total. The number of ether oxygens (including phenoxy) is 1. The number of anilines is 1. The molecular formula is C11H10ClFN4O2. The van der Waals surface area contributed by atoms with Crippen molar-refractivity contribution in [1.82, 2.24) is 14.8 Å². The minimum Gasteiger partial charge on any atom is -0.459 e. The summed E-state index contributed by atoms with van der Waals surface area (Å²) in [4.78, 5) is 15.1. The molecule has 0 fully saturated rings. The molecule has 100 valence electrons. The number of carbonyl (C=O) groups excluding carboxylic acids is 1. The molecule has 0 saturated heterocycles. The first kappa shape index (κ1) is 13.3. The fraction of sp³-hybridized carbons (Fsp3) is 0.182. The maximum atomic E-state index is 13.4. The Hall–Kier alpha value is -2.15. The van der Waals surface area contributed by atoms with Crippen molar-refractivity contribution in [1.29, 1.82) is 0 Å². The van der Waals surface area contributed by atoms with Crippen molar-refractivity contribution in [2.24, 2.45) is 0 Å². The van der Waals surface area contributed by atoms with Gasteiger partial charge in [-0.3, -0.25) is 4.79 Å². The van der Waals surface area contributed by atoms with Crippen LogP contribution in [-0.4, -0.2) is 20.7 Å². The average molecular weight is 285 g/mol. The third-order valence-electron chi connectivity index (χ3n) is 2.25. The second-order valence-electron chi connectivity index (χ2n) is 3.70. The number of carbonyl (C=O) groups is 1. The summed E-state index contributed by atoms with van der Waals surface area (Å²) in [6, 6.07) is 4.13. The summed E-state index contributed by atoms with van der Waals surface area (Å²) in [5, 5.41) is 4.01. The molecule has 0 aliphatic heterocycles. The van der Waals surface area contributed by atoms with Gasteiger partial charge in [0.2, 0.25) is 5.95 Å². The quantitative estimate of drug-likeness (QED) is 0.858. The van der Waals surface area contributed by atoms with E-state index in [4.69, 9.17) is 22.1 Å². The van der Waals surface area contributed by atoms with Gasteiger partial charge in [0.25, 0.3) is 0 Å². The molecule has 0 spiro atoms. The van der Waals surface area contributed by atoms with Gasteiger partial charge in [0.05, 0.1) is 0 Å². The fourth-order valence-corrected chi connectivity index (χ4v) is 1.52. The summed E-state index contributed by atoms with van der Waals surface area (Å²) < 4.78 is 19.6. The van der Waals surface area contributed by atoms with E-state index in [0.717, 1.165) is 6.07 Å². The Morgan fingerprint density at radius 2 is 2.32 bits per heavy atom. The molecule has 0 aliphatic rings. The van der Waals surface area contributed by atoms with Gasteiger partial charge in [-0.05, 0) is 12.1 Å². The molecular weight excluding hydrogens is 275 g/mol. The predicted molar refractivity (Wildman–Crippen MR) is 65.6 cm³/mol. The third kappa shape index (κ3) is 3.65. The second-order valence-corrected chi connectivity index (χ2v) is 4.13. The Morgan fingerprint density at radius 3 is 2.95 bits per heavy atom. The largest absolute Gasteiger partial charge is 0.459 e. The zero-order valence-electron chi connectivity index (χ0n) is 9.72. The van der Waals surface area contributed by atoms with Gasteiger partial charge in [-0.15, -0.1) is 5.10 Å². The Labute approximate surface area is 112 Å². The Morgan fingerprint density at radius 1 is 1.53 bits per heavy atom. The highest BCUT2D eigenvalue weighted by atomic mass is 35.5. The van der Waals surface area contributed by atoms with Gasteiger partial charge in [-0.25, -0.2) is 14.1 Å². The Bertz CT molecular complexity index is 602. The van der Waals surface area contributed by atoms with Crippen LogP contribution in [0.5, 0.6) is 0 Å². The topological polar surface area (TPSA) is 83.0 Å². The van der Waals surface area contributed by atoms with Gasteiger partial charge in [-0.1, -0.05) is 17.7 Å². The molecule has 0 unspecified atom stereocenters. The molecule has 2 aromatic rings. The summed E-state index contributed by atoms with van der Waals surface area (Å²) in [6.07, 6.45) is 1.31. The molecule has 0 saturated carbocycles. The van der Waals surface area contributed by atoms with Crippen LogP contribution in [0.1, 0.15) is 5.56 Å². The average Bonchev–Trinajstić information content (AvgIpc) is 2.73. The van der Waals surface area contributed by atoms with Crippen LogP contribution in [0, 0.1) is 5.82 Å². The molecule has 0 amide bonds. The number of nitrogens with two attached hydrogens (primary N) is 1. The highest BCUT2D eigenvalue weighted by Gasteiger charge is 2.09. The number of benzene rings is 1. The number of esters is 1. The summed E-state index contributed by atoms with van der Waals surface area (Å²) in [5.74, 6) is -1.03. The molecule has 1 aromatic heterocycles. The first-order chi connectivity index (χ1) is 9.04. The van der Waals surface area contributed by atoms with Crippen LogP contribution in [0.25, 0.3) is 0 Å². The third-order valence-corrected chi connectivity index (χ3v) is 2.48. The van der Waals surface area contributed by atoms with Crippen molar-refractivity contribution in [2.45, 2.75) is 13.2 Å². The molecule has 8 heteroatoms. The molecule has 0 bridgehead atoms.